The van der Waals surface area contributed by atoms with Crippen molar-refractivity contribution in [3.05, 3.63) is 98.2 Å². The van der Waals surface area contributed by atoms with Crippen LogP contribution in [0, 0.1) is 18.2 Å². The molecule has 5 nitrogen and oxygen atoms in total. The average Bonchev–Trinajstić information content (AvgIpc) is 2.76. The third-order valence-corrected chi connectivity index (χ3v) is 7.31. The molecule has 5 rings (SSSR count). The number of aryl methyl sites for hydroxylation is 1. The van der Waals surface area contributed by atoms with Gasteiger partial charge >= 0.3 is 0 Å². The first-order valence-corrected chi connectivity index (χ1v) is 12.3. The van der Waals surface area contributed by atoms with Crippen LogP contribution in [-0.4, -0.2) is 15.8 Å². The fourth-order valence-corrected chi connectivity index (χ4v) is 5.71. The van der Waals surface area contributed by atoms with Crippen molar-refractivity contribution in [3.63, 3.8) is 0 Å². The molecule has 0 saturated carbocycles. The number of hydrogen-bond acceptors (Lipinski definition) is 5. The molecule has 2 aromatic carbocycles. The first kappa shape index (κ1) is 22.6. The zero-order valence-electron chi connectivity index (χ0n) is 19.4. The Kier molecular flexibility index (Phi) is 5.68. The van der Waals surface area contributed by atoms with Gasteiger partial charge in [-0.1, -0.05) is 67.6 Å². The van der Waals surface area contributed by atoms with Gasteiger partial charge in [-0.15, -0.1) is 0 Å². The number of fused-ring (bicyclic) bond motifs is 1. The quantitative estimate of drug-likeness (QED) is 0.373. The molecule has 1 aliphatic heterocycles. The minimum Gasteiger partial charge on any atom is -0.343 e. The number of allylic oxidation sites excluding steroid dienone is 2. The lowest BCUT2D eigenvalue weighted by Gasteiger charge is -2.38. The van der Waals surface area contributed by atoms with Crippen LogP contribution < -0.4 is 10.9 Å². The van der Waals surface area contributed by atoms with Crippen molar-refractivity contribution >= 4 is 23.4 Å². The van der Waals surface area contributed by atoms with Crippen LogP contribution in [0.25, 0.3) is 0 Å². The number of ketones is 1. The number of aromatic amines is 1. The summed E-state index contributed by atoms with van der Waals surface area (Å²) >= 11 is 1.46. The molecule has 2 heterocycles. The maximum absolute atomic E-state index is 13.7. The number of carbonyl (C=O) groups is 1. The molecule has 2 aliphatic rings. The smallest absolute Gasteiger partial charge is 0.257 e. The Morgan fingerprint density at radius 3 is 2.62 bits per heavy atom. The van der Waals surface area contributed by atoms with Crippen LogP contribution >= 0.6 is 11.8 Å². The van der Waals surface area contributed by atoms with Gasteiger partial charge in [0.15, 0.2) is 10.9 Å². The molecule has 1 atom stereocenters. The number of nitrogens with zero attached hydrogens (tertiary/aromatic N) is 1. The first-order valence-electron chi connectivity index (χ1n) is 11.3. The summed E-state index contributed by atoms with van der Waals surface area (Å²) in [5, 5.41) is 3.84. The van der Waals surface area contributed by atoms with E-state index in [2.05, 4.69) is 30.2 Å². The summed E-state index contributed by atoms with van der Waals surface area (Å²) in [5.74, 6) is 0.204. The number of rotatable bonds is 4. The third-order valence-electron chi connectivity index (χ3n) is 6.36. The molecule has 1 aliphatic carbocycles. The number of halogens is 1. The highest BCUT2D eigenvalue weighted by atomic mass is 32.2. The Balaban J connectivity index is 1.58. The predicted octanol–water partition coefficient (Wildman–Crippen LogP) is 5.71. The molecule has 1 aromatic heterocycles. The largest absolute Gasteiger partial charge is 0.343 e. The summed E-state index contributed by atoms with van der Waals surface area (Å²) in [7, 11) is 0. The average molecular weight is 476 g/mol. The molecule has 0 radical (unpaired) electrons. The molecule has 0 fully saturated rings. The van der Waals surface area contributed by atoms with Crippen molar-refractivity contribution in [1.82, 2.24) is 9.97 Å². The van der Waals surface area contributed by atoms with Gasteiger partial charge in [0.2, 0.25) is 0 Å². The molecule has 0 amide bonds. The molecule has 0 unspecified atom stereocenters. The normalized spacial score (nSPS) is 18.8. The molecule has 174 valence electrons. The SMILES string of the molecule is Cc1cccc(CSc2nc3c(c(=O)[nH]2)[C@H](c2ccc(F)cc2)C2=C(CC(C)(C)CC2=O)N3)c1. The molecular formula is C27H26FN3O2S. The van der Waals surface area contributed by atoms with Gasteiger partial charge in [0.05, 0.1) is 5.56 Å². The van der Waals surface area contributed by atoms with Gasteiger partial charge in [0.1, 0.15) is 11.6 Å². The standard InChI is InChI=1S/C27H26FN3O2S/c1-15-5-4-6-16(11-15)14-34-26-30-24-23(25(33)31-26)21(17-7-9-18(28)10-8-17)22-19(29-24)12-27(2,3)13-20(22)32/h4-11,21H,12-14H2,1-3H3,(H2,29,30,31,33)/t21-/m1/s1. The maximum Gasteiger partial charge on any atom is 0.257 e. The number of aromatic nitrogens is 2. The van der Waals surface area contributed by atoms with E-state index in [0.717, 1.165) is 11.3 Å². The van der Waals surface area contributed by atoms with Crippen LogP contribution in [0.3, 0.4) is 0 Å². The van der Waals surface area contributed by atoms with Crippen molar-refractivity contribution in [2.75, 3.05) is 5.32 Å². The predicted molar refractivity (Wildman–Crippen MR) is 133 cm³/mol. The van der Waals surface area contributed by atoms with Crippen molar-refractivity contribution in [1.29, 1.82) is 0 Å². The lowest BCUT2D eigenvalue weighted by molar-refractivity contribution is -0.118. The second-order valence-corrected chi connectivity index (χ2v) is 10.8. The van der Waals surface area contributed by atoms with Gasteiger partial charge in [-0.05, 0) is 42.0 Å². The van der Waals surface area contributed by atoms with Gasteiger partial charge in [0, 0.05) is 29.4 Å². The van der Waals surface area contributed by atoms with Gasteiger partial charge in [-0.25, -0.2) is 9.37 Å². The van der Waals surface area contributed by atoms with E-state index in [1.807, 2.05) is 25.1 Å². The van der Waals surface area contributed by atoms with Crippen molar-refractivity contribution in [2.24, 2.45) is 5.41 Å². The summed E-state index contributed by atoms with van der Waals surface area (Å²) < 4.78 is 13.7. The zero-order valence-corrected chi connectivity index (χ0v) is 20.2. The number of anilines is 1. The van der Waals surface area contributed by atoms with Gasteiger partial charge in [-0.3, -0.25) is 9.59 Å². The Morgan fingerprint density at radius 1 is 1.12 bits per heavy atom. The lowest BCUT2D eigenvalue weighted by atomic mass is 9.69. The fraction of sp³-hybridized carbons (Fsp3) is 0.296. The molecule has 34 heavy (non-hydrogen) atoms. The number of nitrogens with one attached hydrogen (secondary N) is 2. The first-order chi connectivity index (χ1) is 16.2. The van der Waals surface area contributed by atoms with E-state index in [-0.39, 0.29) is 22.6 Å². The van der Waals surface area contributed by atoms with Gasteiger partial charge in [-0.2, -0.15) is 0 Å². The van der Waals surface area contributed by atoms with Crippen LogP contribution in [0.4, 0.5) is 10.2 Å². The Morgan fingerprint density at radius 2 is 1.88 bits per heavy atom. The monoisotopic (exact) mass is 475 g/mol. The number of hydrogen-bond donors (Lipinski definition) is 2. The van der Waals surface area contributed by atoms with Gasteiger partial charge in [0.25, 0.3) is 5.56 Å². The van der Waals surface area contributed by atoms with E-state index >= 15 is 0 Å². The molecule has 3 aromatic rings. The summed E-state index contributed by atoms with van der Waals surface area (Å²) in [4.78, 5) is 34.3. The number of carbonyl (C=O) groups excluding carboxylic acids is 1. The van der Waals surface area contributed by atoms with Crippen LogP contribution in [0.5, 0.6) is 0 Å². The molecule has 0 spiro atoms. The van der Waals surface area contributed by atoms with Crippen molar-refractivity contribution in [2.45, 2.75) is 50.4 Å². The van der Waals surface area contributed by atoms with Crippen LogP contribution in [0.2, 0.25) is 0 Å². The van der Waals surface area contributed by atoms with Crippen LogP contribution in [-0.2, 0) is 10.5 Å². The van der Waals surface area contributed by atoms with E-state index in [9.17, 15) is 14.0 Å². The summed E-state index contributed by atoms with van der Waals surface area (Å²) in [6.45, 7) is 6.17. The molecule has 0 bridgehead atoms. The van der Waals surface area contributed by atoms with Gasteiger partial charge < -0.3 is 10.3 Å². The topological polar surface area (TPSA) is 74.8 Å². The number of Topliss-reactive ketones (excluding diaryl/α,β-unsaturated/α-hetero) is 1. The van der Waals surface area contributed by atoms with E-state index in [1.54, 1.807) is 12.1 Å². The molecule has 7 heteroatoms. The Hall–Kier alpha value is -3.19. The minimum atomic E-state index is -0.581. The maximum atomic E-state index is 13.7. The minimum absolute atomic E-state index is 0.0102. The van der Waals surface area contributed by atoms with Crippen LogP contribution in [0.15, 0.2) is 69.8 Å². The lowest BCUT2D eigenvalue weighted by Crippen LogP contribution is -2.37. The summed E-state index contributed by atoms with van der Waals surface area (Å²) in [6, 6.07) is 14.2. The second-order valence-electron chi connectivity index (χ2n) is 9.85. The number of benzene rings is 2. The Labute approximate surface area is 201 Å². The van der Waals surface area contributed by atoms with E-state index in [0.29, 0.717) is 46.3 Å². The van der Waals surface area contributed by atoms with Crippen LogP contribution in [0.1, 0.15) is 54.9 Å². The number of H-pyrrole nitrogens is 1. The fourth-order valence-electron chi connectivity index (χ4n) is 4.90. The zero-order chi connectivity index (χ0) is 24.0. The Bertz CT molecular complexity index is 1380. The second kappa shape index (κ2) is 8.55. The van der Waals surface area contributed by atoms with Crippen molar-refractivity contribution in [3.8, 4) is 0 Å². The van der Waals surface area contributed by atoms with Crippen molar-refractivity contribution < 1.29 is 9.18 Å². The molecule has 0 saturated heterocycles. The summed E-state index contributed by atoms with van der Waals surface area (Å²) in [5.41, 5.74) is 4.34. The van der Waals surface area contributed by atoms with E-state index in [4.69, 9.17) is 4.98 Å². The third kappa shape index (κ3) is 4.32. The highest BCUT2D eigenvalue weighted by Gasteiger charge is 2.42. The highest BCUT2D eigenvalue weighted by Crippen LogP contribution is 2.47. The molecule has 2 N–H and O–H groups in total. The van der Waals surface area contributed by atoms with E-state index in [1.165, 1.54) is 29.5 Å². The van der Waals surface area contributed by atoms with E-state index < -0.39 is 5.92 Å². The highest BCUT2D eigenvalue weighted by molar-refractivity contribution is 7.98. The molecular weight excluding hydrogens is 449 g/mol. The number of thioether (sulfide) groups is 1. The summed E-state index contributed by atoms with van der Waals surface area (Å²) in [6.07, 6.45) is 1.07.